The Labute approximate surface area is 190 Å². The van der Waals surface area contributed by atoms with Crippen molar-refractivity contribution in [2.75, 3.05) is 32.1 Å². The molecule has 0 radical (unpaired) electrons. The van der Waals surface area contributed by atoms with Crippen LogP contribution in [0.1, 0.15) is 38.2 Å². The van der Waals surface area contributed by atoms with Crippen LogP contribution in [0.15, 0.2) is 53.4 Å². The molecule has 0 aliphatic carbocycles. The summed E-state index contributed by atoms with van der Waals surface area (Å²) in [6.07, 6.45) is 6.90. The lowest BCUT2D eigenvalue weighted by Crippen LogP contribution is -2.27. The van der Waals surface area contributed by atoms with Gasteiger partial charge in [-0.3, -0.25) is 4.79 Å². The number of carbonyl (C=O) groups excluding carboxylic acids is 1. The molecule has 2 aromatic carbocycles. The molecule has 172 valence electrons. The summed E-state index contributed by atoms with van der Waals surface area (Å²) in [4.78, 5) is 12.5. The first-order valence-electron chi connectivity index (χ1n) is 10.8. The molecule has 0 atom stereocenters. The number of nitrogens with one attached hydrogen (secondary N) is 1. The minimum absolute atomic E-state index is 0.237. The monoisotopic (exact) mass is 458 g/mol. The van der Waals surface area contributed by atoms with Gasteiger partial charge in [0.1, 0.15) is 0 Å². The summed E-state index contributed by atoms with van der Waals surface area (Å²) in [7, 11) is -1.88. The van der Waals surface area contributed by atoms with Gasteiger partial charge >= 0.3 is 0 Å². The number of anilines is 1. The Morgan fingerprint density at radius 3 is 2.47 bits per heavy atom. The Morgan fingerprint density at radius 1 is 1.09 bits per heavy atom. The number of amides is 1. The second kappa shape index (κ2) is 11.2. The summed E-state index contributed by atoms with van der Waals surface area (Å²) in [5.74, 6) is 0.965. The normalized spacial score (nSPS) is 14.6. The molecule has 0 aromatic heterocycles. The number of methoxy groups -OCH3 is 1. The molecule has 2 aromatic rings. The lowest BCUT2D eigenvalue weighted by molar-refractivity contribution is -0.111. The highest BCUT2D eigenvalue weighted by Gasteiger charge is 2.26. The van der Waals surface area contributed by atoms with E-state index in [1.165, 1.54) is 22.5 Å². The van der Waals surface area contributed by atoms with Gasteiger partial charge in [-0.25, -0.2) is 8.42 Å². The Hall–Kier alpha value is -2.84. The van der Waals surface area contributed by atoms with Gasteiger partial charge in [-0.1, -0.05) is 19.4 Å². The predicted molar refractivity (Wildman–Crippen MR) is 125 cm³/mol. The third-order valence-corrected chi connectivity index (χ3v) is 7.11. The van der Waals surface area contributed by atoms with Crippen molar-refractivity contribution in [2.45, 2.75) is 37.5 Å². The third-order valence-electron chi connectivity index (χ3n) is 5.19. The topological polar surface area (TPSA) is 84.9 Å². The van der Waals surface area contributed by atoms with Crippen molar-refractivity contribution in [3.05, 3.63) is 54.1 Å². The fourth-order valence-corrected chi connectivity index (χ4v) is 4.89. The van der Waals surface area contributed by atoms with E-state index in [-0.39, 0.29) is 10.8 Å². The van der Waals surface area contributed by atoms with E-state index >= 15 is 0 Å². The van der Waals surface area contributed by atoms with E-state index in [9.17, 15) is 13.2 Å². The van der Waals surface area contributed by atoms with Crippen LogP contribution >= 0.6 is 0 Å². The number of benzene rings is 2. The number of nitrogens with zero attached hydrogens (tertiary/aromatic N) is 1. The van der Waals surface area contributed by atoms with E-state index in [0.29, 0.717) is 36.9 Å². The van der Waals surface area contributed by atoms with Gasteiger partial charge in [-0.15, -0.1) is 0 Å². The molecule has 1 N–H and O–H groups in total. The van der Waals surface area contributed by atoms with Crippen LogP contribution in [0.3, 0.4) is 0 Å². The Balaban J connectivity index is 1.60. The van der Waals surface area contributed by atoms with Crippen LogP contribution in [0.2, 0.25) is 0 Å². The predicted octanol–water partition coefficient (Wildman–Crippen LogP) is 4.31. The molecule has 1 aliphatic rings. The highest BCUT2D eigenvalue weighted by Crippen LogP contribution is 2.29. The van der Waals surface area contributed by atoms with Gasteiger partial charge in [0.15, 0.2) is 11.5 Å². The summed E-state index contributed by atoms with van der Waals surface area (Å²) in [6, 6.07) is 11.7. The molecule has 0 saturated carbocycles. The van der Waals surface area contributed by atoms with Crippen LogP contribution in [0.4, 0.5) is 5.69 Å². The Kier molecular flexibility index (Phi) is 8.30. The average molecular weight is 459 g/mol. The molecule has 0 spiro atoms. The molecule has 1 amide bonds. The van der Waals surface area contributed by atoms with Crippen molar-refractivity contribution in [3.8, 4) is 11.5 Å². The second-order valence-electron chi connectivity index (χ2n) is 7.57. The molecular formula is C24H30N2O5S. The Morgan fingerprint density at radius 2 is 1.81 bits per heavy atom. The van der Waals surface area contributed by atoms with Crippen LogP contribution in [-0.2, 0) is 14.8 Å². The lowest BCUT2D eigenvalue weighted by atomic mass is 10.2. The van der Waals surface area contributed by atoms with Crippen molar-refractivity contribution >= 4 is 27.7 Å². The summed E-state index contributed by atoms with van der Waals surface area (Å²) in [5.41, 5.74) is 1.32. The third kappa shape index (κ3) is 6.11. The van der Waals surface area contributed by atoms with E-state index in [1.54, 1.807) is 25.3 Å². The second-order valence-corrected chi connectivity index (χ2v) is 9.51. The standard InChI is InChI=1S/C24H30N2O5S/c1-3-4-17-31-22-13-7-19(18-23(22)30-2)8-14-24(27)25-20-9-11-21(12-10-20)32(28,29)26-15-5-6-16-26/h7-14,18H,3-6,15-17H2,1-2H3,(H,25,27)/b14-8+. The van der Waals surface area contributed by atoms with Crippen molar-refractivity contribution in [1.29, 1.82) is 0 Å². The zero-order valence-electron chi connectivity index (χ0n) is 18.5. The summed E-state index contributed by atoms with van der Waals surface area (Å²) >= 11 is 0. The molecule has 0 unspecified atom stereocenters. The number of unbranched alkanes of at least 4 members (excludes halogenated alkanes) is 1. The Bertz CT molecular complexity index is 1040. The van der Waals surface area contributed by atoms with Crippen LogP contribution in [0, 0.1) is 0 Å². The first-order valence-corrected chi connectivity index (χ1v) is 12.3. The van der Waals surface area contributed by atoms with Gasteiger partial charge < -0.3 is 14.8 Å². The van der Waals surface area contributed by atoms with Gasteiger partial charge in [-0.2, -0.15) is 4.31 Å². The first-order chi connectivity index (χ1) is 15.4. The lowest BCUT2D eigenvalue weighted by Gasteiger charge is -2.15. The van der Waals surface area contributed by atoms with E-state index in [2.05, 4.69) is 12.2 Å². The van der Waals surface area contributed by atoms with Crippen LogP contribution < -0.4 is 14.8 Å². The fraction of sp³-hybridized carbons (Fsp3) is 0.375. The van der Waals surface area contributed by atoms with E-state index < -0.39 is 10.0 Å². The number of ether oxygens (including phenoxy) is 2. The van der Waals surface area contributed by atoms with Crippen molar-refractivity contribution in [1.82, 2.24) is 4.31 Å². The van der Waals surface area contributed by atoms with Crippen molar-refractivity contribution in [2.24, 2.45) is 0 Å². The number of hydrogen-bond acceptors (Lipinski definition) is 5. The van der Waals surface area contributed by atoms with Gasteiger partial charge in [0, 0.05) is 24.9 Å². The maximum Gasteiger partial charge on any atom is 0.248 e. The van der Waals surface area contributed by atoms with Crippen LogP contribution in [-0.4, -0.2) is 45.4 Å². The molecule has 0 bridgehead atoms. The molecule has 1 saturated heterocycles. The highest BCUT2D eigenvalue weighted by molar-refractivity contribution is 7.89. The van der Waals surface area contributed by atoms with Crippen LogP contribution in [0.5, 0.6) is 11.5 Å². The maximum atomic E-state index is 12.6. The van der Waals surface area contributed by atoms with E-state index in [0.717, 1.165) is 31.2 Å². The quantitative estimate of drug-likeness (QED) is 0.424. The summed E-state index contributed by atoms with van der Waals surface area (Å²) in [5, 5.41) is 2.74. The molecular weight excluding hydrogens is 428 g/mol. The molecule has 3 rings (SSSR count). The van der Waals surface area contributed by atoms with Gasteiger partial charge in [-0.05, 0) is 67.3 Å². The molecule has 7 nitrogen and oxygen atoms in total. The molecule has 1 fully saturated rings. The molecule has 1 aliphatic heterocycles. The fourth-order valence-electron chi connectivity index (χ4n) is 3.38. The van der Waals surface area contributed by atoms with E-state index in [4.69, 9.17) is 9.47 Å². The smallest absolute Gasteiger partial charge is 0.248 e. The molecule has 32 heavy (non-hydrogen) atoms. The first kappa shape index (κ1) is 23.8. The minimum atomic E-state index is -3.46. The average Bonchev–Trinajstić information content (AvgIpc) is 3.35. The van der Waals surface area contributed by atoms with Gasteiger partial charge in [0.2, 0.25) is 15.9 Å². The van der Waals surface area contributed by atoms with Gasteiger partial charge in [0.05, 0.1) is 18.6 Å². The SMILES string of the molecule is CCCCOc1ccc(/C=C/C(=O)Nc2ccc(S(=O)(=O)N3CCCC3)cc2)cc1OC. The number of carbonyl (C=O) groups is 1. The number of sulfonamides is 1. The summed E-state index contributed by atoms with van der Waals surface area (Å²) < 4.78 is 37.8. The molecule has 8 heteroatoms. The zero-order valence-corrected chi connectivity index (χ0v) is 19.4. The number of rotatable bonds is 10. The van der Waals surface area contributed by atoms with E-state index in [1.807, 2.05) is 18.2 Å². The van der Waals surface area contributed by atoms with Crippen molar-refractivity contribution in [3.63, 3.8) is 0 Å². The minimum Gasteiger partial charge on any atom is -0.493 e. The zero-order chi connectivity index (χ0) is 23.0. The van der Waals surface area contributed by atoms with Crippen molar-refractivity contribution < 1.29 is 22.7 Å². The highest BCUT2D eigenvalue weighted by atomic mass is 32.2. The summed E-state index contributed by atoms with van der Waals surface area (Å²) in [6.45, 7) is 3.84. The van der Waals surface area contributed by atoms with Crippen LogP contribution in [0.25, 0.3) is 6.08 Å². The van der Waals surface area contributed by atoms with Gasteiger partial charge in [0.25, 0.3) is 0 Å². The largest absolute Gasteiger partial charge is 0.493 e. The number of hydrogen-bond donors (Lipinski definition) is 1. The molecule has 1 heterocycles. The maximum absolute atomic E-state index is 12.6.